The number of carbonyl (C=O) groups excluding carboxylic acids is 1. The average molecular weight is 360 g/mol. The maximum Gasteiger partial charge on any atom is 0.410 e. The van der Waals surface area contributed by atoms with Crippen LogP contribution < -0.4 is 0 Å². The molecular weight excluding hydrogens is 336 g/mol. The first-order valence-corrected chi connectivity index (χ1v) is 9.13. The molecule has 4 nitrogen and oxygen atoms in total. The summed E-state index contributed by atoms with van der Waals surface area (Å²) in [4.78, 5) is 14.1. The summed E-state index contributed by atoms with van der Waals surface area (Å²) in [5.74, 6) is 0. The SMILES string of the molecule is CC(C)(C)OC(=O)N1CCc2ccc(/C(C#N)=C/c3ccccc3)cc2C1. The number of benzene rings is 2. The topological polar surface area (TPSA) is 53.3 Å². The molecule has 0 bridgehead atoms. The molecule has 1 aliphatic heterocycles. The van der Waals surface area contributed by atoms with Gasteiger partial charge in [0.25, 0.3) is 0 Å². The molecule has 0 fully saturated rings. The minimum atomic E-state index is -0.508. The third-order valence-corrected chi connectivity index (χ3v) is 4.41. The van der Waals surface area contributed by atoms with E-state index >= 15 is 0 Å². The van der Waals surface area contributed by atoms with Gasteiger partial charge in [0.15, 0.2) is 0 Å². The Labute approximate surface area is 160 Å². The lowest BCUT2D eigenvalue weighted by Gasteiger charge is -2.31. The average Bonchev–Trinajstić information content (AvgIpc) is 2.64. The lowest BCUT2D eigenvalue weighted by atomic mass is 9.94. The van der Waals surface area contributed by atoms with Gasteiger partial charge in [-0.1, -0.05) is 42.5 Å². The zero-order valence-electron chi connectivity index (χ0n) is 16.0. The second-order valence-corrected chi connectivity index (χ2v) is 7.72. The van der Waals surface area contributed by atoms with Crippen molar-refractivity contribution in [3.63, 3.8) is 0 Å². The van der Waals surface area contributed by atoms with Crippen LogP contribution in [-0.2, 0) is 17.7 Å². The fourth-order valence-corrected chi connectivity index (χ4v) is 3.10. The molecule has 0 atom stereocenters. The second kappa shape index (κ2) is 7.67. The molecule has 0 N–H and O–H groups in total. The Bertz CT molecular complexity index is 902. The van der Waals surface area contributed by atoms with Crippen LogP contribution in [0, 0.1) is 11.3 Å². The Morgan fingerprint density at radius 1 is 1.15 bits per heavy atom. The molecule has 1 amide bonds. The van der Waals surface area contributed by atoms with Crippen molar-refractivity contribution >= 4 is 17.7 Å². The Morgan fingerprint density at radius 2 is 1.89 bits per heavy atom. The van der Waals surface area contributed by atoms with Crippen LogP contribution in [0.3, 0.4) is 0 Å². The van der Waals surface area contributed by atoms with Crippen molar-refractivity contribution in [2.24, 2.45) is 0 Å². The summed E-state index contributed by atoms with van der Waals surface area (Å²) in [6, 6.07) is 18.2. The third-order valence-electron chi connectivity index (χ3n) is 4.41. The summed E-state index contributed by atoms with van der Waals surface area (Å²) in [5, 5.41) is 9.61. The van der Waals surface area contributed by atoms with Gasteiger partial charge in [-0.05, 0) is 61.6 Å². The summed E-state index contributed by atoms with van der Waals surface area (Å²) in [6.45, 7) is 6.76. The Morgan fingerprint density at radius 3 is 2.56 bits per heavy atom. The van der Waals surface area contributed by atoms with E-state index in [-0.39, 0.29) is 6.09 Å². The van der Waals surface area contributed by atoms with E-state index in [1.54, 1.807) is 4.90 Å². The molecular formula is C23H24N2O2. The molecule has 0 saturated carbocycles. The van der Waals surface area contributed by atoms with Crippen LogP contribution in [0.15, 0.2) is 48.5 Å². The van der Waals surface area contributed by atoms with Gasteiger partial charge in [0, 0.05) is 13.1 Å². The summed E-state index contributed by atoms with van der Waals surface area (Å²) in [6.07, 6.45) is 2.38. The molecule has 0 unspecified atom stereocenters. The molecule has 3 rings (SSSR count). The maximum atomic E-state index is 12.4. The quantitative estimate of drug-likeness (QED) is 0.557. The smallest absolute Gasteiger partial charge is 0.410 e. The Kier molecular flexibility index (Phi) is 5.32. The first-order valence-electron chi connectivity index (χ1n) is 9.13. The van der Waals surface area contributed by atoms with E-state index in [9.17, 15) is 10.1 Å². The molecule has 1 heterocycles. The summed E-state index contributed by atoms with van der Waals surface area (Å²) in [7, 11) is 0. The molecule has 0 saturated heterocycles. The van der Waals surface area contributed by atoms with Crippen molar-refractivity contribution in [2.45, 2.75) is 39.3 Å². The zero-order valence-corrected chi connectivity index (χ0v) is 16.0. The van der Waals surface area contributed by atoms with Crippen LogP contribution in [-0.4, -0.2) is 23.1 Å². The fraction of sp³-hybridized carbons (Fsp3) is 0.304. The molecule has 4 heteroatoms. The van der Waals surface area contributed by atoms with Gasteiger partial charge in [-0.25, -0.2) is 4.79 Å². The normalized spacial score (nSPS) is 14.3. The van der Waals surface area contributed by atoms with Gasteiger partial charge >= 0.3 is 6.09 Å². The van der Waals surface area contributed by atoms with Crippen molar-refractivity contribution in [2.75, 3.05) is 6.54 Å². The number of ether oxygens (including phenoxy) is 1. The highest BCUT2D eigenvalue weighted by atomic mass is 16.6. The van der Waals surface area contributed by atoms with E-state index in [1.165, 1.54) is 5.56 Å². The Balaban J connectivity index is 1.84. The predicted octanol–water partition coefficient (Wildman–Crippen LogP) is 5.04. The highest BCUT2D eigenvalue weighted by Crippen LogP contribution is 2.26. The number of nitriles is 1. The summed E-state index contributed by atoms with van der Waals surface area (Å²) < 4.78 is 5.49. The lowest BCUT2D eigenvalue weighted by Crippen LogP contribution is -2.39. The molecule has 0 radical (unpaired) electrons. The van der Waals surface area contributed by atoms with Crippen molar-refractivity contribution in [1.29, 1.82) is 5.26 Å². The number of fused-ring (bicyclic) bond motifs is 1. The molecule has 0 spiro atoms. The molecule has 0 aliphatic carbocycles. The fourth-order valence-electron chi connectivity index (χ4n) is 3.10. The third kappa shape index (κ3) is 4.77. The zero-order chi connectivity index (χ0) is 19.4. The summed E-state index contributed by atoms with van der Waals surface area (Å²) >= 11 is 0. The molecule has 0 aromatic heterocycles. The molecule has 138 valence electrons. The van der Waals surface area contributed by atoms with Crippen LogP contribution >= 0.6 is 0 Å². The van der Waals surface area contributed by atoms with E-state index in [1.807, 2.05) is 69.3 Å². The second-order valence-electron chi connectivity index (χ2n) is 7.72. The van der Waals surface area contributed by atoms with E-state index in [4.69, 9.17) is 4.74 Å². The number of hydrogen-bond donors (Lipinski definition) is 0. The number of rotatable bonds is 2. The van der Waals surface area contributed by atoms with Gasteiger partial charge in [0.2, 0.25) is 0 Å². The van der Waals surface area contributed by atoms with Crippen LogP contribution in [0.25, 0.3) is 11.6 Å². The highest BCUT2D eigenvalue weighted by molar-refractivity contribution is 5.89. The van der Waals surface area contributed by atoms with E-state index in [0.717, 1.165) is 23.1 Å². The van der Waals surface area contributed by atoms with Gasteiger partial charge in [0.1, 0.15) is 5.60 Å². The van der Waals surface area contributed by atoms with Crippen molar-refractivity contribution in [3.05, 3.63) is 70.8 Å². The van der Waals surface area contributed by atoms with Crippen LogP contribution in [0.1, 0.15) is 43.0 Å². The van der Waals surface area contributed by atoms with E-state index in [2.05, 4.69) is 12.1 Å². The van der Waals surface area contributed by atoms with E-state index < -0.39 is 5.60 Å². The van der Waals surface area contributed by atoms with Crippen molar-refractivity contribution in [1.82, 2.24) is 4.90 Å². The predicted molar refractivity (Wildman–Crippen MR) is 107 cm³/mol. The van der Waals surface area contributed by atoms with Gasteiger partial charge in [-0.15, -0.1) is 0 Å². The molecule has 1 aliphatic rings. The summed E-state index contributed by atoms with van der Waals surface area (Å²) in [5.41, 5.74) is 4.24. The van der Waals surface area contributed by atoms with Gasteiger partial charge in [-0.2, -0.15) is 5.26 Å². The number of hydrogen-bond acceptors (Lipinski definition) is 3. The van der Waals surface area contributed by atoms with Gasteiger partial charge < -0.3 is 9.64 Å². The molecule has 2 aromatic rings. The first kappa shape index (κ1) is 18.7. The van der Waals surface area contributed by atoms with Crippen LogP contribution in [0.5, 0.6) is 0 Å². The van der Waals surface area contributed by atoms with Crippen LogP contribution in [0.2, 0.25) is 0 Å². The Hall–Kier alpha value is -3.06. The lowest BCUT2D eigenvalue weighted by molar-refractivity contribution is 0.0224. The number of amides is 1. The van der Waals surface area contributed by atoms with Crippen molar-refractivity contribution in [3.8, 4) is 6.07 Å². The van der Waals surface area contributed by atoms with Crippen molar-refractivity contribution < 1.29 is 9.53 Å². The first-order chi connectivity index (χ1) is 12.9. The maximum absolute atomic E-state index is 12.4. The largest absolute Gasteiger partial charge is 0.444 e. The monoisotopic (exact) mass is 360 g/mol. The molecule has 27 heavy (non-hydrogen) atoms. The number of nitrogens with zero attached hydrogens (tertiary/aromatic N) is 2. The number of allylic oxidation sites excluding steroid dienone is 1. The van der Waals surface area contributed by atoms with Gasteiger partial charge in [-0.3, -0.25) is 0 Å². The minimum Gasteiger partial charge on any atom is -0.444 e. The van der Waals surface area contributed by atoms with Crippen LogP contribution in [0.4, 0.5) is 4.79 Å². The highest BCUT2D eigenvalue weighted by Gasteiger charge is 2.25. The van der Waals surface area contributed by atoms with Gasteiger partial charge in [0.05, 0.1) is 11.6 Å². The standard InChI is InChI=1S/C23H24N2O2/c1-23(2,3)27-22(26)25-12-11-18-9-10-19(14-21(18)16-25)20(15-24)13-17-7-5-4-6-8-17/h4-10,13-14H,11-12,16H2,1-3H3/b20-13+. The number of carbonyl (C=O) groups is 1. The molecule has 2 aromatic carbocycles. The van der Waals surface area contributed by atoms with E-state index in [0.29, 0.717) is 18.7 Å². The minimum absolute atomic E-state index is 0.293.